The molecule has 5 rings (SSSR count). The van der Waals surface area contributed by atoms with Crippen molar-refractivity contribution in [3.8, 4) is 0 Å². The average molecular weight is 525 g/mol. The van der Waals surface area contributed by atoms with Gasteiger partial charge in [-0.1, -0.05) is 54.1 Å². The molecule has 3 aromatic carbocycles. The van der Waals surface area contributed by atoms with Crippen LogP contribution in [0.3, 0.4) is 0 Å². The molecule has 37 heavy (non-hydrogen) atoms. The van der Waals surface area contributed by atoms with Gasteiger partial charge in [0.05, 0.1) is 27.3 Å². The Morgan fingerprint density at radius 1 is 0.919 bits per heavy atom. The lowest BCUT2D eigenvalue weighted by atomic mass is 9.80. The van der Waals surface area contributed by atoms with Gasteiger partial charge in [-0.25, -0.2) is 9.37 Å². The maximum Gasteiger partial charge on any atom is 0.416 e. The summed E-state index contributed by atoms with van der Waals surface area (Å²) in [6, 6.07) is 20.6. The standard InChI is InChI=1S/C28H21ClF4N4/c1-17-6-5-9-23-25(17)36-26(35-23)37-27(15-18-7-3-2-4-8-18,24-11-10-21(29)16-34-24)19-12-20(28(31,32)33)14-22(30)13-19/h2-14,16H,15H2,1H3,(H2,35,36,37). The number of hydrogen-bond acceptors (Lipinski definition) is 3. The van der Waals surface area contributed by atoms with Gasteiger partial charge in [0, 0.05) is 12.6 Å². The fourth-order valence-electron chi connectivity index (χ4n) is 4.49. The number of rotatable bonds is 6. The molecule has 5 aromatic rings. The molecule has 0 aliphatic heterocycles. The van der Waals surface area contributed by atoms with E-state index in [0.717, 1.165) is 28.8 Å². The van der Waals surface area contributed by atoms with E-state index >= 15 is 0 Å². The molecule has 0 saturated heterocycles. The second-order valence-electron chi connectivity index (χ2n) is 8.84. The van der Waals surface area contributed by atoms with Crippen LogP contribution in [0.5, 0.6) is 0 Å². The molecular weight excluding hydrogens is 504 g/mol. The Labute approximate surface area is 215 Å². The molecule has 2 aromatic heterocycles. The van der Waals surface area contributed by atoms with Crippen molar-refractivity contribution in [3.63, 3.8) is 0 Å². The van der Waals surface area contributed by atoms with E-state index in [-0.39, 0.29) is 12.0 Å². The quantitative estimate of drug-likeness (QED) is 0.224. The number of anilines is 1. The number of halogens is 5. The minimum atomic E-state index is -4.75. The molecule has 1 unspecified atom stereocenters. The SMILES string of the molecule is Cc1cccc2[nH]c(NC(Cc3ccccc3)(c3cc(F)cc(C(F)(F)F)c3)c3ccc(Cl)cn3)nc12. The first-order valence-electron chi connectivity index (χ1n) is 11.4. The molecule has 9 heteroatoms. The summed E-state index contributed by atoms with van der Waals surface area (Å²) in [6.45, 7) is 1.91. The zero-order valence-electron chi connectivity index (χ0n) is 19.6. The van der Waals surface area contributed by atoms with E-state index in [1.54, 1.807) is 12.1 Å². The highest BCUT2D eigenvalue weighted by Crippen LogP contribution is 2.40. The summed E-state index contributed by atoms with van der Waals surface area (Å²) in [6.07, 6.45) is -3.20. The fourth-order valence-corrected chi connectivity index (χ4v) is 4.60. The lowest BCUT2D eigenvalue weighted by Crippen LogP contribution is -2.40. The van der Waals surface area contributed by atoms with E-state index in [4.69, 9.17) is 11.6 Å². The lowest BCUT2D eigenvalue weighted by Gasteiger charge is -2.36. The average Bonchev–Trinajstić information content (AvgIpc) is 3.27. The number of nitrogens with zero attached hydrogens (tertiary/aromatic N) is 2. The van der Waals surface area contributed by atoms with Gasteiger partial charge in [-0.15, -0.1) is 0 Å². The van der Waals surface area contributed by atoms with Crippen molar-refractivity contribution in [2.45, 2.75) is 25.1 Å². The highest BCUT2D eigenvalue weighted by Gasteiger charge is 2.40. The summed E-state index contributed by atoms with van der Waals surface area (Å²) < 4.78 is 56.1. The second kappa shape index (κ2) is 9.52. The van der Waals surface area contributed by atoms with Gasteiger partial charge in [0.2, 0.25) is 5.95 Å². The van der Waals surface area contributed by atoms with Crippen LogP contribution in [0, 0.1) is 12.7 Å². The first kappa shape index (κ1) is 24.8. The molecule has 0 amide bonds. The van der Waals surface area contributed by atoms with Crippen LogP contribution in [0.2, 0.25) is 5.02 Å². The largest absolute Gasteiger partial charge is 0.416 e. The highest BCUT2D eigenvalue weighted by molar-refractivity contribution is 6.30. The van der Waals surface area contributed by atoms with Crippen molar-refractivity contribution in [1.29, 1.82) is 0 Å². The number of nitrogens with one attached hydrogen (secondary N) is 2. The van der Waals surface area contributed by atoms with E-state index in [1.165, 1.54) is 6.20 Å². The van der Waals surface area contributed by atoms with Gasteiger partial charge in [-0.3, -0.25) is 4.98 Å². The van der Waals surface area contributed by atoms with Gasteiger partial charge in [0.15, 0.2) is 0 Å². The van der Waals surface area contributed by atoms with Crippen molar-refractivity contribution in [2.24, 2.45) is 0 Å². The predicted molar refractivity (Wildman–Crippen MR) is 136 cm³/mol. The summed E-state index contributed by atoms with van der Waals surface area (Å²) in [5, 5.41) is 3.66. The predicted octanol–water partition coefficient (Wildman–Crippen LogP) is 7.68. The van der Waals surface area contributed by atoms with Crippen molar-refractivity contribution in [1.82, 2.24) is 15.0 Å². The number of para-hydroxylation sites is 1. The molecule has 0 aliphatic carbocycles. The van der Waals surface area contributed by atoms with E-state index in [2.05, 4.69) is 20.3 Å². The number of benzene rings is 3. The van der Waals surface area contributed by atoms with Crippen molar-refractivity contribution in [2.75, 3.05) is 5.32 Å². The third-order valence-corrected chi connectivity index (χ3v) is 6.46. The zero-order valence-corrected chi connectivity index (χ0v) is 20.3. The topological polar surface area (TPSA) is 53.6 Å². The van der Waals surface area contributed by atoms with Gasteiger partial charge in [0.25, 0.3) is 0 Å². The van der Waals surface area contributed by atoms with Crippen LogP contribution in [0.4, 0.5) is 23.5 Å². The summed E-state index contributed by atoms with van der Waals surface area (Å²) in [4.78, 5) is 12.3. The highest BCUT2D eigenvalue weighted by atomic mass is 35.5. The number of pyridine rings is 1. The monoisotopic (exact) mass is 524 g/mol. The number of H-pyrrole nitrogens is 1. The number of alkyl halides is 3. The maximum atomic E-state index is 14.8. The van der Waals surface area contributed by atoms with Crippen LogP contribution in [0.25, 0.3) is 11.0 Å². The zero-order chi connectivity index (χ0) is 26.2. The van der Waals surface area contributed by atoms with E-state index in [0.29, 0.717) is 28.2 Å². The van der Waals surface area contributed by atoms with Crippen LogP contribution in [-0.2, 0) is 18.1 Å². The van der Waals surface area contributed by atoms with Crippen LogP contribution in [-0.4, -0.2) is 15.0 Å². The Balaban J connectivity index is 1.78. The van der Waals surface area contributed by atoms with Crippen molar-refractivity contribution < 1.29 is 17.6 Å². The van der Waals surface area contributed by atoms with Crippen LogP contribution >= 0.6 is 11.6 Å². The molecule has 188 valence electrons. The van der Waals surface area contributed by atoms with Crippen LogP contribution in [0.15, 0.2) is 85.1 Å². The Hall–Kier alpha value is -3.91. The minimum absolute atomic E-state index is 0.0377. The molecule has 0 bridgehead atoms. The van der Waals surface area contributed by atoms with E-state index < -0.39 is 23.1 Å². The smallest absolute Gasteiger partial charge is 0.340 e. The molecule has 2 heterocycles. The van der Waals surface area contributed by atoms with Crippen molar-refractivity contribution in [3.05, 3.63) is 124 Å². The fraction of sp³-hybridized carbons (Fsp3) is 0.143. The minimum Gasteiger partial charge on any atom is -0.340 e. The van der Waals surface area contributed by atoms with Gasteiger partial charge in [-0.2, -0.15) is 13.2 Å². The molecule has 0 aliphatic rings. The number of aryl methyl sites for hydroxylation is 1. The Morgan fingerprint density at radius 3 is 2.35 bits per heavy atom. The molecule has 0 radical (unpaired) electrons. The number of hydrogen-bond donors (Lipinski definition) is 2. The molecule has 0 saturated carbocycles. The summed E-state index contributed by atoms with van der Waals surface area (Å²) in [5.41, 5.74) is 0.995. The van der Waals surface area contributed by atoms with Gasteiger partial charge >= 0.3 is 6.18 Å². The maximum absolute atomic E-state index is 14.8. The summed E-state index contributed by atoms with van der Waals surface area (Å²) in [7, 11) is 0. The molecule has 0 fully saturated rings. The Bertz CT molecular complexity index is 1550. The number of fused-ring (bicyclic) bond motifs is 1. The Kier molecular flexibility index (Phi) is 6.37. The van der Waals surface area contributed by atoms with Crippen LogP contribution in [0.1, 0.15) is 27.9 Å². The Morgan fingerprint density at radius 2 is 1.68 bits per heavy atom. The molecule has 0 spiro atoms. The number of aromatic nitrogens is 3. The van der Waals surface area contributed by atoms with Gasteiger partial charge in [-0.05, 0) is 60.0 Å². The second-order valence-corrected chi connectivity index (χ2v) is 9.27. The first-order chi connectivity index (χ1) is 17.6. The molecule has 4 nitrogen and oxygen atoms in total. The lowest BCUT2D eigenvalue weighted by molar-refractivity contribution is -0.137. The summed E-state index contributed by atoms with van der Waals surface area (Å²) in [5.74, 6) is -0.715. The van der Waals surface area contributed by atoms with Crippen LogP contribution < -0.4 is 5.32 Å². The normalized spacial score (nSPS) is 13.5. The van der Waals surface area contributed by atoms with E-state index in [1.807, 2.05) is 55.5 Å². The van der Waals surface area contributed by atoms with Crippen molar-refractivity contribution >= 4 is 28.6 Å². The van der Waals surface area contributed by atoms with Gasteiger partial charge in [0.1, 0.15) is 11.4 Å². The summed E-state index contributed by atoms with van der Waals surface area (Å²) >= 11 is 6.10. The molecular formula is C28H21ClF4N4. The first-order valence-corrected chi connectivity index (χ1v) is 11.8. The number of aromatic amines is 1. The molecule has 2 N–H and O–H groups in total. The molecule has 1 atom stereocenters. The van der Waals surface area contributed by atoms with Gasteiger partial charge < -0.3 is 10.3 Å². The van der Waals surface area contributed by atoms with E-state index in [9.17, 15) is 17.6 Å². The third-order valence-electron chi connectivity index (χ3n) is 6.24. The number of imidazole rings is 1. The third kappa shape index (κ3) is 5.02.